The first kappa shape index (κ1) is 25.6. The molecule has 1 N–H and O–H groups in total. The van der Waals surface area contributed by atoms with Gasteiger partial charge in [0.25, 0.3) is 10.1 Å². The van der Waals surface area contributed by atoms with Crippen LogP contribution < -0.4 is 0 Å². The molecule has 0 fully saturated rings. The fourth-order valence-electron chi connectivity index (χ4n) is 2.53. The Labute approximate surface area is 163 Å². The fourth-order valence-corrected chi connectivity index (χ4v) is 3.19. The highest BCUT2D eigenvalue weighted by atomic mass is 32.2. The molecule has 0 aliphatic carbocycles. The summed E-state index contributed by atoms with van der Waals surface area (Å²) in [6.07, 6.45) is 11.7. The summed E-state index contributed by atoms with van der Waals surface area (Å²) < 4.78 is 41.3. The molecule has 0 aliphatic rings. The van der Waals surface area contributed by atoms with Crippen molar-refractivity contribution in [3.8, 4) is 0 Å². The van der Waals surface area contributed by atoms with Crippen molar-refractivity contribution in [2.45, 2.75) is 82.8 Å². The molecule has 0 aliphatic heterocycles. The molecule has 0 saturated carbocycles. The minimum absolute atomic E-state index is 0.0586. The summed E-state index contributed by atoms with van der Waals surface area (Å²) in [6, 6.07) is 0. The second-order valence-corrected chi connectivity index (χ2v) is 8.13. The van der Waals surface area contributed by atoms with Crippen LogP contribution in [0.1, 0.15) is 77.6 Å². The average Bonchev–Trinajstić information content (AvgIpc) is 2.61. The number of rotatable bonds is 17. The number of unbranched alkanes of at least 4 members (excludes halogenated alkanes) is 9. The molecule has 7 nitrogen and oxygen atoms in total. The van der Waals surface area contributed by atoms with E-state index in [0.29, 0.717) is 6.42 Å². The molecular weight excluding hydrogens is 372 g/mol. The molecular formula is C19H34O7S. The Bertz CT molecular complexity index is 528. The molecule has 1 unspecified atom stereocenters. The molecule has 0 heterocycles. The summed E-state index contributed by atoms with van der Waals surface area (Å²) in [5, 5.41) is -1.96. The van der Waals surface area contributed by atoms with Crippen LogP contribution in [0.2, 0.25) is 0 Å². The number of esters is 2. The fraction of sp³-hybridized carbons (Fsp3) is 0.789. The number of hydrogen-bond donors (Lipinski definition) is 1. The van der Waals surface area contributed by atoms with Crippen molar-refractivity contribution < 1.29 is 32.0 Å². The minimum Gasteiger partial charge on any atom is -0.465 e. The van der Waals surface area contributed by atoms with E-state index in [4.69, 9.17) is 9.29 Å². The molecule has 1 atom stereocenters. The molecule has 27 heavy (non-hydrogen) atoms. The van der Waals surface area contributed by atoms with Gasteiger partial charge < -0.3 is 9.47 Å². The highest BCUT2D eigenvalue weighted by Gasteiger charge is 2.35. The zero-order chi connectivity index (χ0) is 20.5. The first-order valence-corrected chi connectivity index (χ1v) is 11.2. The van der Waals surface area contributed by atoms with Crippen LogP contribution in [0.3, 0.4) is 0 Å². The van der Waals surface area contributed by atoms with Crippen LogP contribution in [0.5, 0.6) is 0 Å². The highest BCUT2D eigenvalue weighted by molar-refractivity contribution is 7.87. The number of carbonyl (C=O) groups excluding carboxylic acids is 2. The maximum Gasteiger partial charge on any atom is 0.327 e. The van der Waals surface area contributed by atoms with Crippen LogP contribution in [-0.4, -0.2) is 43.4 Å². The summed E-state index contributed by atoms with van der Waals surface area (Å²) in [5.74, 6) is -2.06. The lowest BCUT2D eigenvalue weighted by Gasteiger charge is -2.12. The third-order valence-electron chi connectivity index (χ3n) is 4.08. The van der Waals surface area contributed by atoms with Gasteiger partial charge in [-0.2, -0.15) is 8.42 Å². The predicted octanol–water partition coefficient (Wildman–Crippen LogP) is 3.83. The van der Waals surface area contributed by atoms with Gasteiger partial charge in [-0.05, 0) is 6.42 Å². The van der Waals surface area contributed by atoms with E-state index in [9.17, 15) is 18.0 Å². The van der Waals surface area contributed by atoms with Crippen molar-refractivity contribution in [2.24, 2.45) is 0 Å². The van der Waals surface area contributed by atoms with Gasteiger partial charge in [0.05, 0.1) is 13.0 Å². The maximum atomic E-state index is 11.9. The third-order valence-corrected chi connectivity index (χ3v) is 5.16. The quantitative estimate of drug-likeness (QED) is 0.169. The normalized spacial score (nSPS) is 12.4. The Morgan fingerprint density at radius 3 is 1.96 bits per heavy atom. The Morgan fingerprint density at radius 2 is 1.48 bits per heavy atom. The SMILES string of the molecule is C=CCOC(=O)CC(C(=O)OCCCCCCCCCCCC)S(=O)(=O)O. The molecule has 0 amide bonds. The van der Waals surface area contributed by atoms with E-state index in [2.05, 4.69) is 18.2 Å². The molecule has 0 radical (unpaired) electrons. The van der Waals surface area contributed by atoms with Crippen LogP contribution >= 0.6 is 0 Å². The topological polar surface area (TPSA) is 107 Å². The van der Waals surface area contributed by atoms with Crippen molar-refractivity contribution in [2.75, 3.05) is 13.2 Å². The van der Waals surface area contributed by atoms with Crippen LogP contribution in [0.25, 0.3) is 0 Å². The van der Waals surface area contributed by atoms with Gasteiger partial charge in [-0.25, -0.2) is 0 Å². The van der Waals surface area contributed by atoms with Crippen molar-refractivity contribution in [1.82, 2.24) is 0 Å². The lowest BCUT2D eigenvalue weighted by molar-refractivity contribution is -0.149. The molecule has 0 rings (SSSR count). The van der Waals surface area contributed by atoms with Gasteiger partial charge in [-0.3, -0.25) is 14.1 Å². The van der Waals surface area contributed by atoms with Crippen LogP contribution in [-0.2, 0) is 29.2 Å². The standard InChI is InChI=1S/C19H34O7S/c1-3-5-6-7-8-9-10-11-12-13-15-26-19(21)17(27(22,23)24)16-18(20)25-14-4-2/h4,17H,2-3,5-16H2,1H3,(H,22,23,24). The summed E-state index contributed by atoms with van der Waals surface area (Å²) in [7, 11) is -4.75. The molecule has 0 aromatic carbocycles. The van der Waals surface area contributed by atoms with Gasteiger partial charge in [0.1, 0.15) is 6.61 Å². The van der Waals surface area contributed by atoms with Gasteiger partial charge in [0.2, 0.25) is 0 Å². The van der Waals surface area contributed by atoms with Crippen molar-refractivity contribution in [3.05, 3.63) is 12.7 Å². The first-order valence-electron chi connectivity index (χ1n) is 9.72. The average molecular weight is 407 g/mol. The smallest absolute Gasteiger partial charge is 0.327 e. The molecule has 158 valence electrons. The van der Waals surface area contributed by atoms with E-state index in [-0.39, 0.29) is 13.2 Å². The molecule has 8 heteroatoms. The largest absolute Gasteiger partial charge is 0.465 e. The summed E-state index contributed by atoms with van der Waals surface area (Å²) >= 11 is 0. The van der Waals surface area contributed by atoms with Crippen LogP contribution in [0.15, 0.2) is 12.7 Å². The zero-order valence-electron chi connectivity index (χ0n) is 16.4. The van der Waals surface area contributed by atoms with Gasteiger partial charge in [0.15, 0.2) is 5.25 Å². The van der Waals surface area contributed by atoms with Crippen molar-refractivity contribution in [1.29, 1.82) is 0 Å². The summed E-state index contributed by atoms with van der Waals surface area (Å²) in [5.41, 5.74) is 0. The Hall–Kier alpha value is -1.41. The summed E-state index contributed by atoms with van der Waals surface area (Å²) in [4.78, 5) is 23.3. The Balaban J connectivity index is 3.97. The third kappa shape index (κ3) is 14.3. The van der Waals surface area contributed by atoms with E-state index < -0.39 is 33.7 Å². The number of carbonyl (C=O) groups is 2. The Morgan fingerprint density at radius 1 is 0.963 bits per heavy atom. The molecule has 0 aromatic heterocycles. The molecule has 0 aromatic rings. The van der Waals surface area contributed by atoms with Crippen molar-refractivity contribution >= 4 is 22.1 Å². The minimum atomic E-state index is -4.75. The molecule has 0 saturated heterocycles. The van der Waals surface area contributed by atoms with Gasteiger partial charge in [-0.15, -0.1) is 0 Å². The predicted molar refractivity (Wildman–Crippen MR) is 104 cm³/mol. The Kier molecular flexibility index (Phi) is 14.8. The lowest BCUT2D eigenvalue weighted by atomic mass is 10.1. The van der Waals surface area contributed by atoms with E-state index in [1.165, 1.54) is 44.6 Å². The summed E-state index contributed by atoms with van der Waals surface area (Å²) in [6.45, 7) is 5.50. The van der Waals surface area contributed by atoms with E-state index >= 15 is 0 Å². The van der Waals surface area contributed by atoms with Gasteiger partial charge >= 0.3 is 11.9 Å². The number of hydrogen-bond acceptors (Lipinski definition) is 6. The van der Waals surface area contributed by atoms with Crippen LogP contribution in [0.4, 0.5) is 0 Å². The number of ether oxygens (including phenoxy) is 2. The van der Waals surface area contributed by atoms with Gasteiger partial charge in [-0.1, -0.05) is 77.4 Å². The van der Waals surface area contributed by atoms with Gasteiger partial charge in [0, 0.05) is 0 Å². The molecule has 0 spiro atoms. The molecule has 0 bridgehead atoms. The van der Waals surface area contributed by atoms with Crippen LogP contribution in [0, 0.1) is 0 Å². The maximum absolute atomic E-state index is 11.9. The van der Waals surface area contributed by atoms with E-state index in [1.54, 1.807) is 0 Å². The second-order valence-electron chi connectivity index (χ2n) is 6.53. The monoisotopic (exact) mass is 406 g/mol. The van der Waals surface area contributed by atoms with E-state index in [0.717, 1.165) is 19.3 Å². The van der Waals surface area contributed by atoms with E-state index in [1.807, 2.05) is 0 Å². The highest BCUT2D eigenvalue weighted by Crippen LogP contribution is 2.12. The first-order chi connectivity index (χ1) is 12.8. The lowest BCUT2D eigenvalue weighted by Crippen LogP contribution is -2.34. The van der Waals surface area contributed by atoms with Crippen molar-refractivity contribution in [3.63, 3.8) is 0 Å². The second kappa shape index (κ2) is 15.6. The zero-order valence-corrected chi connectivity index (χ0v) is 17.2.